The normalized spacial score (nSPS) is 18.4. The fourth-order valence-electron chi connectivity index (χ4n) is 1.15. The highest BCUT2D eigenvalue weighted by Crippen LogP contribution is 2.35. The van der Waals surface area contributed by atoms with Gasteiger partial charge in [0.05, 0.1) is 7.11 Å². The van der Waals surface area contributed by atoms with Crippen LogP contribution in [0, 0.1) is 5.92 Å². The lowest BCUT2D eigenvalue weighted by atomic mass is 10.2. The van der Waals surface area contributed by atoms with E-state index in [1.54, 1.807) is 0 Å². The summed E-state index contributed by atoms with van der Waals surface area (Å²) in [6.07, 6.45) is 2.10. The first-order valence-electron chi connectivity index (χ1n) is 3.71. The second-order valence-electron chi connectivity index (χ2n) is 2.77. The van der Waals surface area contributed by atoms with E-state index in [4.69, 9.17) is 5.11 Å². The average Bonchev–Trinajstić information content (AvgIpc) is 2.82. The first-order valence-corrected chi connectivity index (χ1v) is 3.71. The molecular formula is C7H11NO4. The van der Waals surface area contributed by atoms with Crippen molar-refractivity contribution in [2.45, 2.75) is 18.9 Å². The molecule has 0 aromatic carbocycles. The minimum absolute atomic E-state index is 0.0626. The van der Waals surface area contributed by atoms with Gasteiger partial charge < -0.3 is 5.11 Å². The third kappa shape index (κ3) is 1.73. The van der Waals surface area contributed by atoms with E-state index in [0.717, 1.165) is 17.9 Å². The van der Waals surface area contributed by atoms with Gasteiger partial charge >= 0.3 is 5.97 Å². The monoisotopic (exact) mass is 173 g/mol. The maximum absolute atomic E-state index is 10.7. The first kappa shape index (κ1) is 8.99. The number of nitrogens with zero attached hydrogens (tertiary/aromatic N) is 1. The first-order chi connectivity index (χ1) is 5.70. The van der Waals surface area contributed by atoms with E-state index in [1.165, 1.54) is 7.11 Å². The Hall–Kier alpha value is -1.10. The number of carbonyl (C=O) groups excluding carboxylic acids is 1. The van der Waals surface area contributed by atoms with Crippen molar-refractivity contribution in [3.8, 4) is 0 Å². The molecule has 1 aliphatic rings. The lowest BCUT2D eigenvalue weighted by molar-refractivity contribution is -0.187. The van der Waals surface area contributed by atoms with Gasteiger partial charge in [-0.25, -0.2) is 9.86 Å². The number of hydroxylamine groups is 2. The highest BCUT2D eigenvalue weighted by Gasteiger charge is 2.40. The molecule has 0 saturated heterocycles. The summed E-state index contributed by atoms with van der Waals surface area (Å²) in [5, 5.41) is 9.58. The van der Waals surface area contributed by atoms with Crippen molar-refractivity contribution < 1.29 is 19.5 Å². The van der Waals surface area contributed by atoms with Crippen LogP contribution < -0.4 is 0 Å². The van der Waals surface area contributed by atoms with Crippen LogP contribution in [0.3, 0.4) is 0 Å². The Kier molecular flexibility index (Phi) is 2.65. The molecule has 0 aliphatic heterocycles. The topological polar surface area (TPSA) is 66.8 Å². The van der Waals surface area contributed by atoms with Gasteiger partial charge in [-0.1, -0.05) is 0 Å². The van der Waals surface area contributed by atoms with Crippen LogP contribution in [-0.4, -0.2) is 35.7 Å². The quantitative estimate of drug-likeness (QED) is 0.464. The number of carbonyl (C=O) groups is 2. The van der Waals surface area contributed by atoms with Gasteiger partial charge in [-0.05, 0) is 18.8 Å². The minimum atomic E-state index is -1.01. The number of hydrogen-bond acceptors (Lipinski definition) is 3. The summed E-state index contributed by atoms with van der Waals surface area (Å²) in [7, 11) is 1.28. The van der Waals surface area contributed by atoms with E-state index < -0.39 is 12.0 Å². The second-order valence-corrected chi connectivity index (χ2v) is 2.77. The van der Waals surface area contributed by atoms with Crippen molar-refractivity contribution in [2.24, 2.45) is 5.92 Å². The predicted octanol–water partition coefficient (Wildman–Crippen LogP) is -0.131. The Morgan fingerprint density at radius 3 is 2.58 bits per heavy atom. The molecule has 0 aromatic rings. The number of carboxylic acid groups (broad SMARTS) is 1. The second kappa shape index (κ2) is 3.53. The Bertz CT molecular complexity index is 190. The summed E-state index contributed by atoms with van der Waals surface area (Å²) in [6.45, 7) is 0. The number of aliphatic carboxylic acids is 1. The average molecular weight is 173 g/mol. The van der Waals surface area contributed by atoms with Gasteiger partial charge in [-0.3, -0.25) is 9.63 Å². The third-order valence-corrected chi connectivity index (χ3v) is 1.91. The molecule has 5 heteroatoms. The molecule has 1 saturated carbocycles. The summed E-state index contributed by atoms with van der Waals surface area (Å²) < 4.78 is 0. The Morgan fingerprint density at radius 2 is 2.33 bits per heavy atom. The molecule has 68 valence electrons. The third-order valence-electron chi connectivity index (χ3n) is 1.91. The highest BCUT2D eigenvalue weighted by atomic mass is 16.7. The van der Waals surface area contributed by atoms with E-state index in [2.05, 4.69) is 4.84 Å². The van der Waals surface area contributed by atoms with Crippen LogP contribution in [0.5, 0.6) is 0 Å². The van der Waals surface area contributed by atoms with Crippen LogP contribution in [0.1, 0.15) is 12.8 Å². The Morgan fingerprint density at radius 1 is 1.75 bits per heavy atom. The number of rotatable bonds is 5. The molecule has 1 amide bonds. The lowest BCUT2D eigenvalue weighted by Gasteiger charge is -2.21. The van der Waals surface area contributed by atoms with Gasteiger partial charge in [0.2, 0.25) is 6.41 Å². The fraction of sp³-hybridized carbons (Fsp3) is 0.714. The minimum Gasteiger partial charge on any atom is -0.480 e. The molecule has 1 atom stereocenters. The molecular weight excluding hydrogens is 162 g/mol. The zero-order valence-electron chi connectivity index (χ0n) is 6.77. The van der Waals surface area contributed by atoms with Crippen LogP contribution in [0.25, 0.3) is 0 Å². The van der Waals surface area contributed by atoms with Gasteiger partial charge in [-0.15, -0.1) is 0 Å². The van der Waals surface area contributed by atoms with Crippen LogP contribution in [0.15, 0.2) is 0 Å². The van der Waals surface area contributed by atoms with E-state index in [-0.39, 0.29) is 5.92 Å². The van der Waals surface area contributed by atoms with Gasteiger partial charge in [0.15, 0.2) is 6.04 Å². The van der Waals surface area contributed by atoms with Crippen molar-refractivity contribution in [2.75, 3.05) is 7.11 Å². The molecule has 1 rings (SSSR count). The van der Waals surface area contributed by atoms with E-state index in [0.29, 0.717) is 6.41 Å². The maximum Gasteiger partial charge on any atom is 0.329 e. The van der Waals surface area contributed by atoms with Crippen molar-refractivity contribution in [3.05, 3.63) is 0 Å². The van der Waals surface area contributed by atoms with Gasteiger partial charge in [0, 0.05) is 0 Å². The van der Waals surface area contributed by atoms with Gasteiger partial charge in [0.1, 0.15) is 0 Å². The largest absolute Gasteiger partial charge is 0.480 e. The smallest absolute Gasteiger partial charge is 0.329 e. The van der Waals surface area contributed by atoms with Crippen LogP contribution in [0.4, 0.5) is 0 Å². The summed E-state index contributed by atoms with van der Waals surface area (Å²) in [5.41, 5.74) is 0. The Labute approximate surface area is 69.9 Å². The van der Waals surface area contributed by atoms with Gasteiger partial charge in [0.25, 0.3) is 0 Å². The number of carboxylic acids is 1. The maximum atomic E-state index is 10.7. The zero-order valence-corrected chi connectivity index (χ0v) is 6.77. The molecule has 1 N–H and O–H groups in total. The van der Waals surface area contributed by atoms with Crippen molar-refractivity contribution in [1.29, 1.82) is 0 Å². The summed E-state index contributed by atoms with van der Waals surface area (Å²) in [5.74, 6) is -0.945. The highest BCUT2D eigenvalue weighted by molar-refractivity contribution is 5.76. The number of amides is 1. The fourth-order valence-corrected chi connectivity index (χ4v) is 1.15. The van der Waals surface area contributed by atoms with Crippen LogP contribution in [0.2, 0.25) is 0 Å². The van der Waals surface area contributed by atoms with Crippen LogP contribution in [-0.2, 0) is 14.4 Å². The summed E-state index contributed by atoms with van der Waals surface area (Å²) >= 11 is 0. The van der Waals surface area contributed by atoms with Crippen LogP contribution >= 0.6 is 0 Å². The SMILES string of the molecule is CON(C=O)[C@H](C(=O)O)C1CC1. The number of hydrogen-bond donors (Lipinski definition) is 1. The lowest BCUT2D eigenvalue weighted by Crippen LogP contribution is -2.41. The summed E-state index contributed by atoms with van der Waals surface area (Å²) in [4.78, 5) is 25.6. The molecule has 0 heterocycles. The predicted molar refractivity (Wildman–Crippen MR) is 39.1 cm³/mol. The Balaban J connectivity index is 2.61. The van der Waals surface area contributed by atoms with E-state index >= 15 is 0 Å². The van der Waals surface area contributed by atoms with Gasteiger partial charge in [-0.2, -0.15) is 0 Å². The van der Waals surface area contributed by atoms with Crippen molar-refractivity contribution in [1.82, 2.24) is 5.06 Å². The molecule has 0 spiro atoms. The molecule has 1 fully saturated rings. The van der Waals surface area contributed by atoms with Crippen molar-refractivity contribution in [3.63, 3.8) is 0 Å². The van der Waals surface area contributed by atoms with E-state index in [9.17, 15) is 9.59 Å². The summed E-state index contributed by atoms with van der Waals surface area (Å²) in [6, 6.07) is -0.813. The molecule has 0 radical (unpaired) electrons. The van der Waals surface area contributed by atoms with E-state index in [1.807, 2.05) is 0 Å². The molecule has 0 unspecified atom stereocenters. The van der Waals surface area contributed by atoms with Crippen molar-refractivity contribution >= 4 is 12.4 Å². The molecule has 0 bridgehead atoms. The molecule has 0 aromatic heterocycles. The molecule has 5 nitrogen and oxygen atoms in total. The molecule has 12 heavy (non-hydrogen) atoms. The molecule has 1 aliphatic carbocycles. The standard InChI is InChI=1S/C7H11NO4/c1-12-8(4-9)6(7(10)11)5-2-3-5/h4-6H,2-3H2,1H3,(H,10,11)/t6-/m0/s1. The zero-order chi connectivity index (χ0) is 9.14.